The summed E-state index contributed by atoms with van der Waals surface area (Å²) in [7, 11) is 0. The smallest absolute Gasteiger partial charge is 0.260 e. The van der Waals surface area contributed by atoms with Gasteiger partial charge in [-0.25, -0.2) is 4.39 Å². The molecule has 1 aromatic heterocycles. The third-order valence-corrected chi connectivity index (χ3v) is 3.98. The molecule has 1 unspecified atom stereocenters. The maximum atomic E-state index is 14.2. The highest BCUT2D eigenvalue weighted by atomic mass is 19.1. The van der Waals surface area contributed by atoms with Gasteiger partial charge in [0.25, 0.3) is 5.91 Å². The van der Waals surface area contributed by atoms with E-state index >= 15 is 0 Å². The summed E-state index contributed by atoms with van der Waals surface area (Å²) in [5.74, 6) is -0.334. The van der Waals surface area contributed by atoms with Crippen LogP contribution in [0.4, 0.5) is 4.39 Å². The molecule has 0 fully saturated rings. The van der Waals surface area contributed by atoms with Crippen molar-refractivity contribution in [1.29, 1.82) is 0 Å². The number of hydrogen-bond donors (Lipinski definition) is 1. The highest BCUT2D eigenvalue weighted by Gasteiger charge is 2.16. The van der Waals surface area contributed by atoms with Gasteiger partial charge in [-0.15, -0.1) is 0 Å². The zero-order chi connectivity index (χ0) is 18.7. The van der Waals surface area contributed by atoms with E-state index in [-0.39, 0.29) is 11.9 Å². The van der Waals surface area contributed by atoms with Crippen molar-refractivity contribution in [3.05, 3.63) is 60.7 Å². The first-order chi connectivity index (χ1) is 12.4. The molecule has 0 bridgehead atoms. The number of halogens is 1. The number of rotatable bonds is 5. The van der Waals surface area contributed by atoms with E-state index in [0.29, 0.717) is 11.3 Å². The first-order valence-corrected chi connectivity index (χ1v) is 8.55. The van der Waals surface area contributed by atoms with E-state index in [2.05, 4.69) is 10.3 Å². The summed E-state index contributed by atoms with van der Waals surface area (Å²) in [4.78, 5) is 16.2. The number of aromatic nitrogens is 1. The van der Waals surface area contributed by atoms with Gasteiger partial charge in [0.05, 0.1) is 0 Å². The number of hydrogen-bond acceptors (Lipinski definition) is 3. The molecule has 1 atom stereocenters. The molecule has 0 aliphatic carbocycles. The Bertz CT molecular complexity index is 935. The maximum absolute atomic E-state index is 14.2. The van der Waals surface area contributed by atoms with Gasteiger partial charge in [-0.05, 0) is 55.5 Å². The zero-order valence-corrected chi connectivity index (χ0v) is 15.0. The number of pyridine rings is 1. The van der Waals surface area contributed by atoms with E-state index in [1.807, 2.05) is 38.1 Å². The SMILES string of the molecule is CC(C)NC(=O)C(C)Oc1cc(F)cc(-c2cccc3cnccc23)c1. The van der Waals surface area contributed by atoms with E-state index in [9.17, 15) is 9.18 Å². The van der Waals surface area contributed by atoms with Crippen molar-refractivity contribution in [3.63, 3.8) is 0 Å². The van der Waals surface area contributed by atoms with Crippen LogP contribution in [0.25, 0.3) is 21.9 Å². The fourth-order valence-corrected chi connectivity index (χ4v) is 2.82. The van der Waals surface area contributed by atoms with Gasteiger partial charge in [-0.3, -0.25) is 9.78 Å². The van der Waals surface area contributed by atoms with E-state index in [1.165, 1.54) is 12.1 Å². The van der Waals surface area contributed by atoms with Gasteiger partial charge in [-0.1, -0.05) is 18.2 Å². The van der Waals surface area contributed by atoms with Crippen LogP contribution in [0.1, 0.15) is 20.8 Å². The highest BCUT2D eigenvalue weighted by Crippen LogP contribution is 2.31. The van der Waals surface area contributed by atoms with Gasteiger partial charge in [0.1, 0.15) is 11.6 Å². The minimum Gasteiger partial charge on any atom is -0.481 e. The van der Waals surface area contributed by atoms with Crippen LogP contribution in [0.15, 0.2) is 54.9 Å². The van der Waals surface area contributed by atoms with Crippen LogP contribution in [0.2, 0.25) is 0 Å². The van der Waals surface area contributed by atoms with E-state index in [4.69, 9.17) is 4.74 Å². The molecule has 2 aromatic carbocycles. The molecule has 3 rings (SSSR count). The van der Waals surface area contributed by atoms with E-state index in [0.717, 1.165) is 16.3 Å². The summed E-state index contributed by atoms with van der Waals surface area (Å²) in [6.45, 7) is 5.40. The zero-order valence-electron chi connectivity index (χ0n) is 15.0. The molecule has 0 saturated heterocycles. The standard InChI is InChI=1S/C21H21FN2O2/c1-13(2)24-21(25)14(3)26-18-10-16(9-17(22)11-18)19-6-4-5-15-12-23-8-7-20(15)19/h4-14H,1-3H3,(H,24,25). The predicted octanol–water partition coefficient (Wildman–Crippen LogP) is 4.33. The van der Waals surface area contributed by atoms with Crippen LogP contribution in [0.5, 0.6) is 5.75 Å². The predicted molar refractivity (Wildman–Crippen MR) is 101 cm³/mol. The second-order valence-corrected chi connectivity index (χ2v) is 6.50. The van der Waals surface area contributed by atoms with Crippen molar-refractivity contribution < 1.29 is 13.9 Å². The Kier molecular flexibility index (Phi) is 5.16. The van der Waals surface area contributed by atoms with Crippen LogP contribution in [0.3, 0.4) is 0 Å². The molecule has 1 N–H and O–H groups in total. The summed E-state index contributed by atoms with van der Waals surface area (Å²) >= 11 is 0. The molecule has 4 nitrogen and oxygen atoms in total. The van der Waals surface area contributed by atoms with Gasteiger partial charge in [-0.2, -0.15) is 0 Å². The molecule has 1 heterocycles. The Labute approximate surface area is 152 Å². The number of amides is 1. The quantitative estimate of drug-likeness (QED) is 0.743. The van der Waals surface area contributed by atoms with Crippen LogP contribution in [-0.2, 0) is 4.79 Å². The topological polar surface area (TPSA) is 51.2 Å². The number of carbonyl (C=O) groups excluding carboxylic acids is 1. The second kappa shape index (κ2) is 7.52. The number of ether oxygens (including phenoxy) is 1. The largest absolute Gasteiger partial charge is 0.481 e. The van der Waals surface area contributed by atoms with Crippen molar-refractivity contribution in [2.75, 3.05) is 0 Å². The molecule has 3 aromatic rings. The lowest BCUT2D eigenvalue weighted by molar-refractivity contribution is -0.127. The maximum Gasteiger partial charge on any atom is 0.260 e. The van der Waals surface area contributed by atoms with Gasteiger partial charge in [0, 0.05) is 29.9 Å². The molecule has 0 spiro atoms. The lowest BCUT2D eigenvalue weighted by atomic mass is 9.99. The van der Waals surface area contributed by atoms with Crippen molar-refractivity contribution >= 4 is 16.7 Å². The number of fused-ring (bicyclic) bond motifs is 1. The van der Waals surface area contributed by atoms with E-state index < -0.39 is 11.9 Å². The number of carbonyl (C=O) groups is 1. The molecular weight excluding hydrogens is 331 g/mol. The van der Waals surface area contributed by atoms with Gasteiger partial charge >= 0.3 is 0 Å². The average molecular weight is 352 g/mol. The number of benzene rings is 2. The van der Waals surface area contributed by atoms with Crippen molar-refractivity contribution in [3.8, 4) is 16.9 Å². The average Bonchev–Trinajstić information content (AvgIpc) is 2.60. The lowest BCUT2D eigenvalue weighted by Crippen LogP contribution is -2.40. The molecule has 0 aliphatic heterocycles. The van der Waals surface area contributed by atoms with Gasteiger partial charge in [0.15, 0.2) is 6.10 Å². The van der Waals surface area contributed by atoms with E-state index in [1.54, 1.807) is 25.4 Å². The molecular formula is C21H21FN2O2. The lowest BCUT2D eigenvalue weighted by Gasteiger charge is -2.17. The van der Waals surface area contributed by atoms with Crippen LogP contribution >= 0.6 is 0 Å². The molecule has 0 radical (unpaired) electrons. The van der Waals surface area contributed by atoms with Crippen LogP contribution in [0, 0.1) is 5.82 Å². The molecule has 1 amide bonds. The monoisotopic (exact) mass is 352 g/mol. The molecule has 26 heavy (non-hydrogen) atoms. The fraction of sp³-hybridized carbons (Fsp3) is 0.238. The Morgan fingerprint density at radius 3 is 2.73 bits per heavy atom. The summed E-state index contributed by atoms with van der Waals surface area (Å²) in [5, 5.41) is 4.73. The Morgan fingerprint density at radius 2 is 1.96 bits per heavy atom. The number of nitrogens with zero attached hydrogens (tertiary/aromatic N) is 1. The summed E-state index contributed by atoms with van der Waals surface area (Å²) < 4.78 is 19.8. The van der Waals surface area contributed by atoms with Crippen molar-refractivity contribution in [1.82, 2.24) is 10.3 Å². The Hall–Kier alpha value is -2.95. The minimum absolute atomic E-state index is 0.0147. The van der Waals surface area contributed by atoms with Gasteiger partial charge < -0.3 is 10.1 Å². The third kappa shape index (κ3) is 3.99. The molecule has 0 saturated carbocycles. The van der Waals surface area contributed by atoms with Crippen LogP contribution in [-0.4, -0.2) is 23.0 Å². The fourth-order valence-electron chi connectivity index (χ4n) is 2.82. The van der Waals surface area contributed by atoms with Crippen molar-refractivity contribution in [2.45, 2.75) is 32.9 Å². The van der Waals surface area contributed by atoms with Crippen molar-refractivity contribution in [2.24, 2.45) is 0 Å². The normalized spacial score (nSPS) is 12.2. The molecule has 5 heteroatoms. The Morgan fingerprint density at radius 1 is 1.15 bits per heavy atom. The molecule has 0 aliphatic rings. The summed E-state index contributed by atoms with van der Waals surface area (Å²) in [5.41, 5.74) is 1.57. The summed E-state index contributed by atoms with van der Waals surface area (Å²) in [6.07, 6.45) is 2.76. The second-order valence-electron chi connectivity index (χ2n) is 6.50. The van der Waals surface area contributed by atoms with Gasteiger partial charge in [0.2, 0.25) is 0 Å². The first-order valence-electron chi connectivity index (χ1n) is 8.55. The third-order valence-electron chi connectivity index (χ3n) is 3.98. The number of nitrogens with one attached hydrogen (secondary N) is 1. The van der Waals surface area contributed by atoms with Crippen LogP contribution < -0.4 is 10.1 Å². The summed E-state index contributed by atoms with van der Waals surface area (Å²) in [6, 6.07) is 12.2. The highest BCUT2D eigenvalue weighted by molar-refractivity contribution is 5.96. The minimum atomic E-state index is -0.719. The molecule has 134 valence electrons. The first kappa shape index (κ1) is 17.9. The Balaban J connectivity index is 1.94.